The molecule has 1 amide bonds. The molecule has 0 aliphatic heterocycles. The Bertz CT molecular complexity index is 499. The second kappa shape index (κ2) is 7.14. The minimum atomic E-state index is -0.505. The summed E-state index contributed by atoms with van der Waals surface area (Å²) in [4.78, 5) is 11.9. The molecule has 0 aromatic heterocycles. The van der Waals surface area contributed by atoms with E-state index in [2.05, 4.69) is 50.4 Å². The van der Waals surface area contributed by atoms with Crippen LogP contribution in [0.2, 0.25) is 0 Å². The summed E-state index contributed by atoms with van der Waals surface area (Å²) >= 11 is 0. The van der Waals surface area contributed by atoms with Gasteiger partial charge in [0.05, 0.1) is 0 Å². The number of carbonyl (C=O) groups is 1. The van der Waals surface area contributed by atoms with Crippen molar-refractivity contribution < 1.29 is 9.53 Å². The summed E-state index contributed by atoms with van der Waals surface area (Å²) in [6.45, 7) is 12.5. The normalized spacial score (nSPS) is 13.6. The Morgan fingerprint density at radius 2 is 1.86 bits per heavy atom. The van der Waals surface area contributed by atoms with Crippen LogP contribution < -0.4 is 11.1 Å². The van der Waals surface area contributed by atoms with Crippen molar-refractivity contribution in [3.63, 3.8) is 0 Å². The van der Waals surface area contributed by atoms with Crippen LogP contribution in [0, 0.1) is 0 Å². The van der Waals surface area contributed by atoms with E-state index in [9.17, 15) is 4.79 Å². The number of nitrogens with two attached hydrogens (primary N) is 1. The molecule has 0 aliphatic rings. The molecule has 4 heteroatoms. The number of amides is 1. The molecule has 0 radical (unpaired) electrons. The number of carbonyl (C=O) groups excluding carboxylic acids is 1. The molecule has 0 saturated carbocycles. The van der Waals surface area contributed by atoms with Gasteiger partial charge in [0.1, 0.15) is 5.60 Å². The highest BCUT2D eigenvalue weighted by atomic mass is 16.6. The van der Waals surface area contributed by atoms with E-state index in [4.69, 9.17) is 10.5 Å². The van der Waals surface area contributed by atoms with Crippen LogP contribution in [-0.2, 0) is 16.6 Å². The molecule has 3 N–H and O–H groups in total. The van der Waals surface area contributed by atoms with Gasteiger partial charge in [0, 0.05) is 12.6 Å². The molecule has 1 aromatic rings. The van der Waals surface area contributed by atoms with Crippen molar-refractivity contribution in [3.8, 4) is 0 Å². The Labute approximate surface area is 134 Å². The molecule has 0 spiro atoms. The monoisotopic (exact) mass is 306 g/mol. The summed E-state index contributed by atoms with van der Waals surface area (Å²) in [7, 11) is 0. The van der Waals surface area contributed by atoms with Gasteiger partial charge < -0.3 is 15.8 Å². The maximum absolute atomic E-state index is 11.9. The fraction of sp³-hybridized carbons (Fsp3) is 0.611. The van der Waals surface area contributed by atoms with Crippen LogP contribution in [0.4, 0.5) is 4.79 Å². The van der Waals surface area contributed by atoms with Gasteiger partial charge >= 0.3 is 6.09 Å². The lowest BCUT2D eigenvalue weighted by molar-refractivity contribution is 0.0506. The molecular formula is C18H30N2O2. The molecular weight excluding hydrogens is 276 g/mol. The zero-order valence-corrected chi connectivity index (χ0v) is 14.7. The van der Waals surface area contributed by atoms with E-state index in [1.54, 1.807) is 0 Å². The highest BCUT2D eigenvalue weighted by molar-refractivity contribution is 5.68. The summed E-state index contributed by atoms with van der Waals surface area (Å²) in [6.07, 6.45) is 0.273. The third-order valence-corrected chi connectivity index (χ3v) is 3.28. The molecule has 22 heavy (non-hydrogen) atoms. The van der Waals surface area contributed by atoms with Crippen molar-refractivity contribution in [1.82, 2.24) is 5.32 Å². The second-order valence-corrected chi connectivity index (χ2v) is 7.73. The van der Waals surface area contributed by atoms with Crippen LogP contribution in [0.25, 0.3) is 0 Å². The topological polar surface area (TPSA) is 64.3 Å². The SMILES string of the molecule is CC(C)(C)OC(=O)NC(CN)Cc1cccc(C(C)(C)C)c1. The molecule has 0 bridgehead atoms. The lowest BCUT2D eigenvalue weighted by atomic mass is 9.85. The molecule has 0 aliphatic carbocycles. The smallest absolute Gasteiger partial charge is 0.407 e. The number of rotatable bonds is 4. The third kappa shape index (κ3) is 6.48. The third-order valence-electron chi connectivity index (χ3n) is 3.28. The second-order valence-electron chi connectivity index (χ2n) is 7.73. The van der Waals surface area contributed by atoms with E-state index in [0.29, 0.717) is 13.0 Å². The summed E-state index contributed by atoms with van der Waals surface area (Å²) in [5.74, 6) is 0. The van der Waals surface area contributed by atoms with Gasteiger partial charge in [-0.1, -0.05) is 45.0 Å². The van der Waals surface area contributed by atoms with Gasteiger partial charge in [0.15, 0.2) is 0 Å². The van der Waals surface area contributed by atoms with Gasteiger partial charge in [0.25, 0.3) is 0 Å². The molecule has 1 aromatic carbocycles. The minimum Gasteiger partial charge on any atom is -0.444 e. The molecule has 0 fully saturated rings. The van der Waals surface area contributed by atoms with Crippen LogP contribution in [0.5, 0.6) is 0 Å². The van der Waals surface area contributed by atoms with Crippen molar-refractivity contribution in [3.05, 3.63) is 35.4 Å². The van der Waals surface area contributed by atoms with E-state index < -0.39 is 11.7 Å². The number of nitrogens with one attached hydrogen (secondary N) is 1. The Morgan fingerprint density at radius 3 is 2.36 bits per heavy atom. The standard InChI is InChI=1S/C18H30N2O2/c1-17(2,3)14-9-7-8-13(10-14)11-15(12-19)20-16(21)22-18(4,5)6/h7-10,15H,11-12,19H2,1-6H3,(H,20,21). The molecule has 124 valence electrons. The van der Waals surface area contributed by atoms with Crippen LogP contribution in [0.3, 0.4) is 0 Å². The largest absolute Gasteiger partial charge is 0.444 e. The molecule has 1 unspecified atom stereocenters. The number of ether oxygens (including phenoxy) is 1. The van der Waals surface area contributed by atoms with Crippen molar-refractivity contribution in [2.24, 2.45) is 5.73 Å². The molecule has 0 heterocycles. The first-order chi connectivity index (χ1) is 10.0. The van der Waals surface area contributed by atoms with Gasteiger partial charge in [-0.25, -0.2) is 4.79 Å². The van der Waals surface area contributed by atoms with E-state index >= 15 is 0 Å². The maximum atomic E-state index is 11.9. The van der Waals surface area contributed by atoms with E-state index in [1.807, 2.05) is 20.8 Å². The zero-order valence-electron chi connectivity index (χ0n) is 14.7. The predicted molar refractivity (Wildman–Crippen MR) is 91.1 cm³/mol. The van der Waals surface area contributed by atoms with E-state index in [0.717, 1.165) is 0 Å². The van der Waals surface area contributed by atoms with Crippen LogP contribution >= 0.6 is 0 Å². The predicted octanol–water partition coefficient (Wildman–Crippen LogP) is 3.38. The average molecular weight is 306 g/mol. The Hall–Kier alpha value is -1.55. The van der Waals surface area contributed by atoms with Gasteiger partial charge in [-0.05, 0) is 43.7 Å². The van der Waals surface area contributed by atoms with Crippen molar-refractivity contribution in [1.29, 1.82) is 0 Å². The highest BCUT2D eigenvalue weighted by Crippen LogP contribution is 2.23. The van der Waals surface area contributed by atoms with Crippen molar-refractivity contribution in [2.45, 2.75) is 65.0 Å². The van der Waals surface area contributed by atoms with Crippen LogP contribution in [-0.4, -0.2) is 24.3 Å². The average Bonchev–Trinajstić information content (AvgIpc) is 2.35. The van der Waals surface area contributed by atoms with E-state index in [1.165, 1.54) is 11.1 Å². The molecule has 4 nitrogen and oxygen atoms in total. The maximum Gasteiger partial charge on any atom is 0.407 e. The fourth-order valence-electron chi connectivity index (χ4n) is 2.12. The number of alkyl carbamates (subject to hydrolysis) is 1. The first-order valence-corrected chi connectivity index (χ1v) is 7.80. The van der Waals surface area contributed by atoms with E-state index in [-0.39, 0.29) is 11.5 Å². The van der Waals surface area contributed by atoms with Gasteiger partial charge in [0.2, 0.25) is 0 Å². The Balaban J connectivity index is 2.73. The number of benzene rings is 1. The van der Waals surface area contributed by atoms with Crippen molar-refractivity contribution >= 4 is 6.09 Å². The lowest BCUT2D eigenvalue weighted by Gasteiger charge is -2.24. The first-order valence-electron chi connectivity index (χ1n) is 7.80. The zero-order chi connectivity index (χ0) is 17.0. The fourth-order valence-corrected chi connectivity index (χ4v) is 2.12. The first kappa shape index (κ1) is 18.5. The molecule has 1 atom stereocenters. The summed E-state index contributed by atoms with van der Waals surface area (Å²) in [5, 5.41) is 2.84. The number of hydrogen-bond acceptors (Lipinski definition) is 3. The summed E-state index contributed by atoms with van der Waals surface area (Å²) in [6, 6.07) is 8.29. The minimum absolute atomic E-state index is 0.104. The quantitative estimate of drug-likeness (QED) is 0.896. The Kier molecular flexibility index (Phi) is 6.00. The summed E-state index contributed by atoms with van der Waals surface area (Å²) in [5.41, 5.74) is 7.83. The van der Waals surface area contributed by atoms with Gasteiger partial charge in [-0.2, -0.15) is 0 Å². The van der Waals surface area contributed by atoms with Crippen LogP contribution in [0.15, 0.2) is 24.3 Å². The highest BCUT2D eigenvalue weighted by Gasteiger charge is 2.20. The molecule has 1 rings (SSSR count). The summed E-state index contributed by atoms with van der Waals surface area (Å²) < 4.78 is 5.28. The van der Waals surface area contributed by atoms with Gasteiger partial charge in [-0.15, -0.1) is 0 Å². The lowest BCUT2D eigenvalue weighted by Crippen LogP contribution is -2.44. The van der Waals surface area contributed by atoms with Crippen LogP contribution in [0.1, 0.15) is 52.7 Å². The Morgan fingerprint density at radius 1 is 1.23 bits per heavy atom. The number of hydrogen-bond donors (Lipinski definition) is 2. The molecule has 0 saturated heterocycles. The van der Waals surface area contributed by atoms with Crippen molar-refractivity contribution in [2.75, 3.05) is 6.54 Å². The van der Waals surface area contributed by atoms with Gasteiger partial charge in [-0.3, -0.25) is 0 Å².